The second-order valence-corrected chi connectivity index (χ2v) is 3.49. The molecule has 0 bridgehead atoms. The summed E-state index contributed by atoms with van der Waals surface area (Å²) in [5.41, 5.74) is 0.154. The first kappa shape index (κ1) is 14.8. The zero-order valence-electron chi connectivity index (χ0n) is 9.52. The van der Waals surface area contributed by atoms with Crippen molar-refractivity contribution in [2.24, 2.45) is 0 Å². The molecule has 0 saturated heterocycles. The van der Waals surface area contributed by atoms with Crippen LogP contribution in [0.3, 0.4) is 0 Å². The first-order valence-corrected chi connectivity index (χ1v) is 4.88. The Morgan fingerprint density at radius 3 is 2.41 bits per heavy atom. The van der Waals surface area contributed by atoms with Gasteiger partial charge in [-0.25, -0.2) is 4.79 Å². The highest BCUT2D eigenvalue weighted by Gasteiger charge is 2.11. The van der Waals surface area contributed by atoms with E-state index in [1.807, 2.05) is 0 Å². The summed E-state index contributed by atoms with van der Waals surface area (Å²) in [4.78, 5) is 33.1. The topological polar surface area (TPSA) is 95.2 Å². The third-order valence-electron chi connectivity index (χ3n) is 1.95. The van der Waals surface area contributed by atoms with Crippen molar-refractivity contribution >= 4 is 17.5 Å². The van der Waals surface area contributed by atoms with Gasteiger partial charge in [-0.15, -0.1) is 0 Å². The molecule has 0 aromatic rings. The van der Waals surface area contributed by atoms with E-state index in [0.29, 0.717) is 0 Å². The average Bonchev–Trinajstić information content (AvgIpc) is 2.23. The Labute approximate surface area is 99.0 Å². The summed E-state index contributed by atoms with van der Waals surface area (Å²) >= 11 is 0. The molecule has 1 N–H and O–H groups in total. The van der Waals surface area contributed by atoms with Crippen LogP contribution in [0, 0.1) is 11.3 Å². The summed E-state index contributed by atoms with van der Waals surface area (Å²) < 4.78 is 0. The largest absolute Gasteiger partial charge is 0.478 e. The van der Waals surface area contributed by atoms with Gasteiger partial charge in [-0.05, 0) is 12.5 Å². The van der Waals surface area contributed by atoms with Crippen LogP contribution < -0.4 is 0 Å². The third kappa shape index (κ3) is 6.05. The molecule has 0 aliphatic heterocycles. The fourth-order valence-corrected chi connectivity index (χ4v) is 0.959. The number of nitrogens with zero attached hydrogens (tertiary/aromatic N) is 1. The number of aliphatic carboxylic acids is 1. The lowest BCUT2D eigenvalue weighted by molar-refractivity contribution is -0.132. The normalized spacial score (nSPS) is 10.5. The number of hydrogen-bond acceptors (Lipinski definition) is 4. The highest BCUT2D eigenvalue weighted by Crippen LogP contribution is 2.05. The Hall–Kier alpha value is -2.22. The van der Waals surface area contributed by atoms with Crippen LogP contribution in [0.1, 0.15) is 26.2 Å². The van der Waals surface area contributed by atoms with Crippen molar-refractivity contribution in [2.75, 3.05) is 0 Å². The van der Waals surface area contributed by atoms with Crippen molar-refractivity contribution in [1.82, 2.24) is 0 Å². The molecule has 0 saturated carbocycles. The minimum atomic E-state index is -1.23. The van der Waals surface area contributed by atoms with Gasteiger partial charge in [-0.2, -0.15) is 5.26 Å². The Bertz CT molecular complexity index is 426. The van der Waals surface area contributed by atoms with Crippen molar-refractivity contribution in [3.05, 3.63) is 23.8 Å². The zero-order valence-corrected chi connectivity index (χ0v) is 9.52. The van der Waals surface area contributed by atoms with E-state index in [1.54, 1.807) is 6.07 Å². The molecule has 0 radical (unpaired) electrons. The quantitative estimate of drug-likeness (QED) is 0.531. The van der Waals surface area contributed by atoms with Gasteiger partial charge in [0.2, 0.25) is 0 Å². The van der Waals surface area contributed by atoms with Crippen LogP contribution >= 0.6 is 0 Å². The van der Waals surface area contributed by atoms with Gasteiger partial charge in [0.25, 0.3) is 0 Å². The van der Waals surface area contributed by atoms with Gasteiger partial charge in [0.15, 0.2) is 5.78 Å². The highest BCUT2D eigenvalue weighted by atomic mass is 16.4. The average molecular weight is 235 g/mol. The number of carboxylic acids is 1. The predicted octanol–water partition coefficient (Wildman–Crippen LogP) is 1.41. The number of Topliss-reactive ketones (excluding diaryl/α,β-unsaturated/α-hetero) is 2. The Balaban J connectivity index is 4.44. The molecule has 0 aromatic carbocycles. The summed E-state index contributed by atoms with van der Waals surface area (Å²) in [7, 11) is 0. The minimum absolute atomic E-state index is 0.136. The number of carbonyl (C=O) groups is 3. The fourth-order valence-electron chi connectivity index (χ4n) is 0.959. The van der Waals surface area contributed by atoms with Gasteiger partial charge in [-0.3, -0.25) is 9.59 Å². The molecular weight excluding hydrogens is 222 g/mol. The SMILES string of the molecule is C=C(C)C(=O)CC(=O)CC=C(CC#N)C(=O)O. The third-order valence-corrected chi connectivity index (χ3v) is 1.95. The molecule has 0 heterocycles. The second-order valence-electron chi connectivity index (χ2n) is 3.49. The predicted molar refractivity (Wildman–Crippen MR) is 60.0 cm³/mol. The number of carbonyl (C=O) groups excluding carboxylic acids is 2. The van der Waals surface area contributed by atoms with Crippen molar-refractivity contribution in [2.45, 2.75) is 26.2 Å². The molecule has 0 aromatic heterocycles. The molecule has 0 spiro atoms. The van der Waals surface area contributed by atoms with E-state index >= 15 is 0 Å². The maximum atomic E-state index is 11.3. The molecule has 0 aliphatic rings. The molecule has 0 amide bonds. The van der Waals surface area contributed by atoms with Gasteiger partial charge in [0.1, 0.15) is 5.78 Å². The lowest BCUT2D eigenvalue weighted by Gasteiger charge is -1.98. The summed E-state index contributed by atoms with van der Waals surface area (Å²) in [6.07, 6.45) is 0.449. The summed E-state index contributed by atoms with van der Waals surface area (Å²) in [6.45, 7) is 4.91. The van der Waals surface area contributed by atoms with Gasteiger partial charge in [0, 0.05) is 12.0 Å². The molecule has 17 heavy (non-hydrogen) atoms. The van der Waals surface area contributed by atoms with Crippen molar-refractivity contribution < 1.29 is 19.5 Å². The van der Waals surface area contributed by atoms with Crippen LogP contribution in [0.4, 0.5) is 0 Å². The van der Waals surface area contributed by atoms with Crippen molar-refractivity contribution in [1.29, 1.82) is 5.26 Å². The number of rotatable bonds is 7. The van der Waals surface area contributed by atoms with Gasteiger partial charge in [0.05, 0.1) is 18.9 Å². The molecule has 5 heteroatoms. The molecule has 90 valence electrons. The molecule has 5 nitrogen and oxygen atoms in total. The van der Waals surface area contributed by atoms with Crippen LogP contribution in [0.15, 0.2) is 23.8 Å². The Morgan fingerprint density at radius 2 is 2.00 bits per heavy atom. The van der Waals surface area contributed by atoms with E-state index in [9.17, 15) is 14.4 Å². The first-order chi connectivity index (χ1) is 7.88. The fraction of sp³-hybridized carbons (Fsp3) is 0.333. The van der Waals surface area contributed by atoms with Crippen molar-refractivity contribution in [3.63, 3.8) is 0 Å². The molecular formula is C12H13NO4. The van der Waals surface area contributed by atoms with Crippen LogP contribution in [0.5, 0.6) is 0 Å². The number of allylic oxidation sites excluding steroid dienone is 2. The monoisotopic (exact) mass is 235 g/mol. The standard InChI is InChI=1S/C12H13NO4/c1-8(2)11(15)7-10(14)4-3-9(5-6-13)12(16)17/h3H,1,4-5,7H2,2H3,(H,16,17). The molecule has 0 rings (SSSR count). The molecule has 0 aliphatic carbocycles. The van der Waals surface area contributed by atoms with Crippen LogP contribution in [-0.4, -0.2) is 22.6 Å². The van der Waals surface area contributed by atoms with Crippen LogP contribution in [-0.2, 0) is 14.4 Å². The smallest absolute Gasteiger partial charge is 0.332 e. The summed E-state index contributed by atoms with van der Waals surface area (Å²) in [5, 5.41) is 17.0. The highest BCUT2D eigenvalue weighted by molar-refractivity contribution is 6.07. The van der Waals surface area contributed by atoms with E-state index in [-0.39, 0.29) is 36.2 Å². The van der Waals surface area contributed by atoms with Gasteiger partial charge in [-0.1, -0.05) is 12.7 Å². The molecule has 0 atom stereocenters. The van der Waals surface area contributed by atoms with Gasteiger partial charge < -0.3 is 5.11 Å². The lowest BCUT2D eigenvalue weighted by atomic mass is 10.1. The van der Waals surface area contributed by atoms with Gasteiger partial charge >= 0.3 is 5.97 Å². The Morgan fingerprint density at radius 1 is 1.41 bits per heavy atom. The summed E-state index contributed by atoms with van der Waals surface area (Å²) in [6, 6.07) is 1.69. The number of hydrogen-bond donors (Lipinski definition) is 1. The van der Waals surface area contributed by atoms with Crippen LogP contribution in [0.2, 0.25) is 0 Å². The number of ketones is 2. The van der Waals surface area contributed by atoms with E-state index in [1.165, 1.54) is 13.0 Å². The number of carboxylic acid groups (broad SMARTS) is 1. The Kier molecular flexibility index (Phi) is 6.19. The first-order valence-electron chi connectivity index (χ1n) is 4.88. The maximum absolute atomic E-state index is 11.3. The van der Waals surface area contributed by atoms with E-state index < -0.39 is 11.8 Å². The lowest BCUT2D eigenvalue weighted by Crippen LogP contribution is -2.08. The van der Waals surface area contributed by atoms with E-state index in [2.05, 4.69) is 6.58 Å². The zero-order chi connectivity index (χ0) is 13.4. The van der Waals surface area contributed by atoms with E-state index in [4.69, 9.17) is 10.4 Å². The summed E-state index contributed by atoms with van der Waals surface area (Å²) in [5.74, 6) is -1.99. The maximum Gasteiger partial charge on any atom is 0.332 e. The minimum Gasteiger partial charge on any atom is -0.478 e. The second kappa shape index (κ2) is 7.12. The molecule has 0 fully saturated rings. The number of nitriles is 1. The van der Waals surface area contributed by atoms with E-state index in [0.717, 1.165) is 0 Å². The molecule has 0 unspecified atom stereocenters. The van der Waals surface area contributed by atoms with Crippen LogP contribution in [0.25, 0.3) is 0 Å². The van der Waals surface area contributed by atoms with Crippen molar-refractivity contribution in [3.8, 4) is 6.07 Å².